The van der Waals surface area contributed by atoms with Crippen LogP contribution >= 0.6 is 0 Å². The molecule has 2 aromatic rings. The number of nitrogens with one attached hydrogen (secondary N) is 1. The van der Waals surface area contributed by atoms with Gasteiger partial charge in [0.2, 0.25) is 0 Å². The van der Waals surface area contributed by atoms with E-state index in [0.717, 1.165) is 37.4 Å². The third-order valence-electron chi connectivity index (χ3n) is 3.21. The molecule has 7 nitrogen and oxygen atoms in total. The van der Waals surface area contributed by atoms with Crippen LogP contribution in [-0.4, -0.2) is 34.6 Å². The van der Waals surface area contributed by atoms with Gasteiger partial charge in [-0.25, -0.2) is 22.4 Å². The zero-order chi connectivity index (χ0) is 18.6. The van der Waals surface area contributed by atoms with Gasteiger partial charge in [-0.1, -0.05) is 0 Å². The number of hydrogen-bond donors (Lipinski definition) is 1. The second-order valence-electron chi connectivity index (χ2n) is 4.80. The predicted octanol–water partition coefficient (Wildman–Crippen LogP) is 2.20. The normalized spacial score (nSPS) is 10.8. The molecule has 132 valence electrons. The maximum atomic E-state index is 13.0. The van der Waals surface area contributed by atoms with E-state index in [4.69, 9.17) is 0 Å². The number of hydrogen-bond acceptors (Lipinski definition) is 6. The SMILES string of the molecule is COC(=O)c1ccc(C(=O)OC)c(NS(=O)(=O)c2ccc(F)cc2)c1. The minimum atomic E-state index is -4.12. The van der Waals surface area contributed by atoms with E-state index >= 15 is 0 Å². The molecule has 0 heterocycles. The fourth-order valence-electron chi connectivity index (χ4n) is 1.98. The summed E-state index contributed by atoms with van der Waals surface area (Å²) in [5.41, 5.74) is -0.230. The fraction of sp³-hybridized carbons (Fsp3) is 0.125. The first kappa shape index (κ1) is 18.4. The summed E-state index contributed by atoms with van der Waals surface area (Å²) in [6.07, 6.45) is 0. The van der Waals surface area contributed by atoms with Crippen molar-refractivity contribution in [3.8, 4) is 0 Å². The molecule has 0 aromatic heterocycles. The molecule has 0 saturated carbocycles. The van der Waals surface area contributed by atoms with Crippen LogP contribution in [0, 0.1) is 5.82 Å². The third kappa shape index (κ3) is 4.13. The molecule has 0 atom stereocenters. The van der Waals surface area contributed by atoms with Crippen LogP contribution in [0.25, 0.3) is 0 Å². The molecule has 0 aliphatic carbocycles. The highest BCUT2D eigenvalue weighted by atomic mass is 32.2. The van der Waals surface area contributed by atoms with Crippen molar-refractivity contribution >= 4 is 27.6 Å². The lowest BCUT2D eigenvalue weighted by atomic mass is 10.1. The van der Waals surface area contributed by atoms with Crippen molar-refractivity contribution in [2.75, 3.05) is 18.9 Å². The van der Waals surface area contributed by atoms with Crippen molar-refractivity contribution in [3.63, 3.8) is 0 Å². The number of carbonyl (C=O) groups excluding carboxylic acids is 2. The standard InChI is InChI=1S/C16H14FNO6S/c1-23-15(19)10-3-8-13(16(20)24-2)14(9-10)18-25(21,22)12-6-4-11(17)5-7-12/h3-9,18H,1-2H3. The molecule has 0 saturated heterocycles. The number of halogens is 1. The zero-order valence-electron chi connectivity index (χ0n) is 13.3. The molecule has 0 bridgehead atoms. The average molecular weight is 367 g/mol. The van der Waals surface area contributed by atoms with E-state index in [-0.39, 0.29) is 21.7 Å². The lowest BCUT2D eigenvalue weighted by Crippen LogP contribution is -2.17. The predicted molar refractivity (Wildman–Crippen MR) is 86.3 cm³/mol. The average Bonchev–Trinajstić information content (AvgIpc) is 2.60. The van der Waals surface area contributed by atoms with Crippen LogP contribution in [0.3, 0.4) is 0 Å². The Bertz CT molecular complexity index is 909. The highest BCUT2D eigenvalue weighted by Gasteiger charge is 2.21. The van der Waals surface area contributed by atoms with Gasteiger partial charge in [0, 0.05) is 0 Å². The molecule has 2 aromatic carbocycles. The molecule has 0 fully saturated rings. The van der Waals surface area contributed by atoms with E-state index in [1.54, 1.807) is 0 Å². The maximum absolute atomic E-state index is 13.0. The van der Waals surface area contributed by atoms with Gasteiger partial charge in [0.05, 0.1) is 35.9 Å². The van der Waals surface area contributed by atoms with E-state index in [2.05, 4.69) is 14.2 Å². The minimum absolute atomic E-state index is 0.0342. The summed E-state index contributed by atoms with van der Waals surface area (Å²) in [6.45, 7) is 0. The van der Waals surface area contributed by atoms with Crippen LogP contribution in [0.1, 0.15) is 20.7 Å². The topological polar surface area (TPSA) is 98.8 Å². The molecular weight excluding hydrogens is 353 g/mol. The maximum Gasteiger partial charge on any atom is 0.339 e. The van der Waals surface area contributed by atoms with Gasteiger partial charge < -0.3 is 9.47 Å². The third-order valence-corrected chi connectivity index (χ3v) is 4.60. The van der Waals surface area contributed by atoms with E-state index in [1.165, 1.54) is 19.2 Å². The van der Waals surface area contributed by atoms with Crippen molar-refractivity contribution in [1.82, 2.24) is 0 Å². The first-order chi connectivity index (χ1) is 11.8. The van der Waals surface area contributed by atoms with Crippen molar-refractivity contribution in [2.45, 2.75) is 4.90 Å². The van der Waals surface area contributed by atoms with Gasteiger partial charge in [-0.3, -0.25) is 4.72 Å². The van der Waals surface area contributed by atoms with Gasteiger partial charge in [-0.15, -0.1) is 0 Å². The molecule has 0 spiro atoms. The molecule has 25 heavy (non-hydrogen) atoms. The van der Waals surface area contributed by atoms with Crippen LogP contribution in [0.4, 0.5) is 10.1 Å². The Morgan fingerprint density at radius 1 is 0.960 bits per heavy atom. The van der Waals surface area contributed by atoms with Gasteiger partial charge in [-0.2, -0.15) is 0 Å². The summed E-state index contributed by atoms with van der Waals surface area (Å²) in [5.74, 6) is -2.10. The van der Waals surface area contributed by atoms with Crippen LogP contribution < -0.4 is 4.72 Å². The summed E-state index contributed by atoms with van der Waals surface area (Å²) in [7, 11) is -1.82. The summed E-state index contributed by atoms with van der Waals surface area (Å²) in [6, 6.07) is 7.80. The summed E-state index contributed by atoms with van der Waals surface area (Å²) in [5, 5.41) is 0. The van der Waals surface area contributed by atoms with Crippen molar-refractivity contribution in [1.29, 1.82) is 0 Å². The van der Waals surface area contributed by atoms with Crippen LogP contribution in [-0.2, 0) is 19.5 Å². The Morgan fingerprint density at radius 3 is 2.12 bits per heavy atom. The first-order valence-electron chi connectivity index (χ1n) is 6.87. The zero-order valence-corrected chi connectivity index (χ0v) is 14.1. The van der Waals surface area contributed by atoms with E-state index in [1.807, 2.05) is 0 Å². The highest BCUT2D eigenvalue weighted by Crippen LogP contribution is 2.23. The monoisotopic (exact) mass is 367 g/mol. The molecule has 0 amide bonds. The number of rotatable bonds is 5. The van der Waals surface area contributed by atoms with Gasteiger partial charge in [0.1, 0.15) is 5.82 Å². The largest absolute Gasteiger partial charge is 0.465 e. The minimum Gasteiger partial charge on any atom is -0.465 e. The van der Waals surface area contributed by atoms with E-state index in [9.17, 15) is 22.4 Å². The van der Waals surface area contributed by atoms with E-state index < -0.39 is 27.8 Å². The highest BCUT2D eigenvalue weighted by molar-refractivity contribution is 7.92. The Kier molecular flexibility index (Phi) is 5.38. The molecule has 0 unspecified atom stereocenters. The van der Waals surface area contributed by atoms with Gasteiger partial charge in [0.15, 0.2) is 0 Å². The number of sulfonamides is 1. The molecule has 0 radical (unpaired) electrons. The Labute approximate surface area is 143 Å². The number of carbonyl (C=O) groups is 2. The smallest absolute Gasteiger partial charge is 0.339 e. The van der Waals surface area contributed by atoms with Crippen molar-refractivity contribution in [2.24, 2.45) is 0 Å². The second-order valence-corrected chi connectivity index (χ2v) is 6.49. The van der Waals surface area contributed by atoms with E-state index in [0.29, 0.717) is 0 Å². The lowest BCUT2D eigenvalue weighted by molar-refractivity contribution is 0.0587. The number of ether oxygens (including phenoxy) is 2. The molecular formula is C16H14FNO6S. The Morgan fingerprint density at radius 2 is 1.56 bits per heavy atom. The molecule has 2 rings (SSSR count). The molecule has 0 aliphatic rings. The van der Waals surface area contributed by atoms with Gasteiger partial charge in [-0.05, 0) is 42.5 Å². The van der Waals surface area contributed by atoms with Crippen molar-refractivity contribution in [3.05, 3.63) is 59.4 Å². The Hall–Kier alpha value is -2.94. The van der Waals surface area contributed by atoms with Crippen molar-refractivity contribution < 1.29 is 31.9 Å². The summed E-state index contributed by atoms with van der Waals surface area (Å²) >= 11 is 0. The van der Waals surface area contributed by atoms with Crippen LogP contribution in [0.2, 0.25) is 0 Å². The van der Waals surface area contributed by atoms with Gasteiger partial charge in [0.25, 0.3) is 10.0 Å². The van der Waals surface area contributed by atoms with Crippen LogP contribution in [0.15, 0.2) is 47.4 Å². The van der Waals surface area contributed by atoms with Crippen LogP contribution in [0.5, 0.6) is 0 Å². The lowest BCUT2D eigenvalue weighted by Gasteiger charge is -2.13. The number of methoxy groups -OCH3 is 2. The first-order valence-corrected chi connectivity index (χ1v) is 8.36. The quantitative estimate of drug-likeness (QED) is 0.814. The second kappa shape index (κ2) is 7.31. The Balaban J connectivity index is 2.49. The fourth-order valence-corrected chi connectivity index (χ4v) is 3.05. The number of esters is 2. The molecule has 9 heteroatoms. The number of anilines is 1. The summed E-state index contributed by atoms with van der Waals surface area (Å²) in [4.78, 5) is 23.2. The summed E-state index contributed by atoms with van der Waals surface area (Å²) < 4.78 is 49.2. The molecule has 0 aliphatic heterocycles. The van der Waals surface area contributed by atoms with Gasteiger partial charge >= 0.3 is 11.9 Å². The number of benzene rings is 2. The molecule has 1 N–H and O–H groups in total.